The van der Waals surface area contributed by atoms with Crippen LogP contribution in [0.5, 0.6) is 5.75 Å². The van der Waals surface area contributed by atoms with Crippen LogP contribution in [0.25, 0.3) is 0 Å². The molecule has 2 aromatic rings. The maximum Gasteiger partial charge on any atom is 0.255 e. The van der Waals surface area contributed by atoms with E-state index in [1.54, 1.807) is 37.4 Å². The summed E-state index contributed by atoms with van der Waals surface area (Å²) < 4.78 is 5.43. The fraction of sp³-hybridized carbons (Fsp3) is 0.263. The van der Waals surface area contributed by atoms with Gasteiger partial charge in [0.15, 0.2) is 0 Å². The first-order valence-corrected chi connectivity index (χ1v) is 8.38. The number of halogens is 1. The van der Waals surface area contributed by atoms with Crippen LogP contribution in [-0.4, -0.2) is 36.9 Å². The lowest BCUT2D eigenvalue weighted by molar-refractivity contribution is -0.129. The molecular weight excluding hydrogens is 340 g/mol. The third kappa shape index (κ3) is 5.22. The summed E-state index contributed by atoms with van der Waals surface area (Å²) in [6.45, 7) is 2.59. The number of rotatable bonds is 7. The zero-order valence-electron chi connectivity index (χ0n) is 14.3. The van der Waals surface area contributed by atoms with Crippen LogP contribution >= 0.6 is 11.6 Å². The minimum absolute atomic E-state index is 0.0970. The molecule has 0 aliphatic heterocycles. The van der Waals surface area contributed by atoms with E-state index in [4.69, 9.17) is 16.3 Å². The lowest BCUT2D eigenvalue weighted by Gasteiger charge is -2.18. The van der Waals surface area contributed by atoms with Gasteiger partial charge in [0.25, 0.3) is 5.91 Å². The largest absolute Gasteiger partial charge is 0.493 e. The molecule has 5 nitrogen and oxygen atoms in total. The molecular formula is C19H21ClN2O3. The van der Waals surface area contributed by atoms with Gasteiger partial charge in [-0.3, -0.25) is 9.59 Å². The van der Waals surface area contributed by atoms with Crippen molar-refractivity contribution in [3.8, 4) is 5.75 Å². The molecule has 2 aromatic carbocycles. The maximum absolute atomic E-state index is 12.3. The van der Waals surface area contributed by atoms with Gasteiger partial charge in [0, 0.05) is 18.6 Å². The second kappa shape index (κ2) is 9.08. The number of benzene rings is 2. The Hall–Kier alpha value is -2.53. The zero-order valence-corrected chi connectivity index (χ0v) is 15.0. The average molecular weight is 361 g/mol. The van der Waals surface area contributed by atoms with Crippen molar-refractivity contribution in [1.29, 1.82) is 0 Å². The molecule has 0 saturated carbocycles. The van der Waals surface area contributed by atoms with Crippen LogP contribution in [0.4, 0.5) is 0 Å². The monoisotopic (exact) mass is 360 g/mol. The molecule has 0 fully saturated rings. The van der Waals surface area contributed by atoms with Crippen molar-refractivity contribution in [2.24, 2.45) is 0 Å². The topological polar surface area (TPSA) is 58.6 Å². The van der Waals surface area contributed by atoms with E-state index >= 15 is 0 Å². The number of likely N-dealkylation sites (N-methyl/N-ethyl adjacent to an activating group) is 1. The summed E-state index contributed by atoms with van der Waals surface area (Å²) in [5, 5.41) is 3.24. The van der Waals surface area contributed by atoms with E-state index in [0.717, 1.165) is 5.56 Å². The molecule has 0 unspecified atom stereocenters. The first-order chi connectivity index (χ1) is 12.0. The molecule has 0 bridgehead atoms. The summed E-state index contributed by atoms with van der Waals surface area (Å²) >= 11 is 6.11. The molecule has 0 aliphatic carbocycles. The van der Waals surface area contributed by atoms with E-state index in [2.05, 4.69) is 5.32 Å². The number of carbonyl (C=O) groups is 2. The van der Waals surface area contributed by atoms with Crippen molar-refractivity contribution in [1.82, 2.24) is 10.2 Å². The van der Waals surface area contributed by atoms with Gasteiger partial charge in [-0.1, -0.05) is 41.9 Å². The number of amides is 2. The molecule has 132 valence electrons. The number of para-hydroxylation sites is 1. The Morgan fingerprint density at radius 1 is 1.12 bits per heavy atom. The molecule has 0 saturated heterocycles. The van der Waals surface area contributed by atoms with Gasteiger partial charge in [-0.15, -0.1) is 0 Å². The fourth-order valence-electron chi connectivity index (χ4n) is 2.29. The van der Waals surface area contributed by atoms with Gasteiger partial charge in [0.05, 0.1) is 18.7 Å². The minimum atomic E-state index is -0.344. The van der Waals surface area contributed by atoms with E-state index in [1.807, 2.05) is 25.1 Å². The van der Waals surface area contributed by atoms with Gasteiger partial charge < -0.3 is 15.0 Å². The number of nitrogens with zero attached hydrogens (tertiary/aromatic N) is 1. The molecule has 0 radical (unpaired) electrons. The first-order valence-electron chi connectivity index (χ1n) is 8.00. The van der Waals surface area contributed by atoms with Gasteiger partial charge in [-0.25, -0.2) is 0 Å². The van der Waals surface area contributed by atoms with Crippen LogP contribution in [0.3, 0.4) is 0 Å². The third-order valence-electron chi connectivity index (χ3n) is 3.62. The predicted molar refractivity (Wildman–Crippen MR) is 97.9 cm³/mol. The summed E-state index contributed by atoms with van der Waals surface area (Å²) in [5.74, 6) is -0.0509. The summed E-state index contributed by atoms with van der Waals surface area (Å²) in [6.07, 6.45) is 0. The van der Waals surface area contributed by atoms with E-state index < -0.39 is 0 Å². The van der Waals surface area contributed by atoms with E-state index in [9.17, 15) is 9.59 Å². The Morgan fingerprint density at radius 2 is 1.80 bits per heavy atom. The van der Waals surface area contributed by atoms with Gasteiger partial charge in [-0.2, -0.15) is 0 Å². The van der Waals surface area contributed by atoms with Crippen LogP contribution in [0, 0.1) is 0 Å². The highest BCUT2D eigenvalue weighted by atomic mass is 35.5. The highest BCUT2D eigenvalue weighted by Crippen LogP contribution is 2.18. The van der Waals surface area contributed by atoms with Crippen molar-refractivity contribution in [3.05, 3.63) is 64.7 Å². The van der Waals surface area contributed by atoms with Crippen molar-refractivity contribution in [2.75, 3.05) is 20.2 Å². The summed E-state index contributed by atoms with van der Waals surface area (Å²) in [7, 11) is 1.67. The fourth-order valence-corrected chi connectivity index (χ4v) is 2.49. The van der Waals surface area contributed by atoms with Crippen LogP contribution in [-0.2, 0) is 11.3 Å². The van der Waals surface area contributed by atoms with Crippen LogP contribution in [0.2, 0.25) is 5.02 Å². The number of hydrogen-bond acceptors (Lipinski definition) is 3. The summed E-state index contributed by atoms with van der Waals surface area (Å²) in [4.78, 5) is 26.1. The summed E-state index contributed by atoms with van der Waals surface area (Å²) in [6, 6.07) is 14.3. The van der Waals surface area contributed by atoms with Crippen LogP contribution in [0.15, 0.2) is 48.5 Å². The number of nitrogens with one attached hydrogen (secondary N) is 1. The van der Waals surface area contributed by atoms with Gasteiger partial charge >= 0.3 is 0 Å². The smallest absolute Gasteiger partial charge is 0.255 e. The summed E-state index contributed by atoms with van der Waals surface area (Å²) in [5.41, 5.74) is 1.26. The quantitative estimate of drug-likeness (QED) is 0.825. The molecule has 0 aliphatic rings. The molecule has 1 N–H and O–H groups in total. The highest BCUT2D eigenvalue weighted by Gasteiger charge is 2.15. The van der Waals surface area contributed by atoms with E-state index in [-0.39, 0.29) is 18.4 Å². The van der Waals surface area contributed by atoms with Crippen LogP contribution in [0.1, 0.15) is 22.8 Å². The second-order valence-corrected chi connectivity index (χ2v) is 5.86. The third-order valence-corrected chi connectivity index (χ3v) is 3.99. The molecule has 25 heavy (non-hydrogen) atoms. The van der Waals surface area contributed by atoms with Crippen LogP contribution < -0.4 is 10.1 Å². The predicted octanol–water partition coefficient (Wildman–Crippen LogP) is 3.13. The van der Waals surface area contributed by atoms with Gasteiger partial charge in [0.1, 0.15) is 5.75 Å². The van der Waals surface area contributed by atoms with Gasteiger partial charge in [0.2, 0.25) is 5.91 Å². The minimum Gasteiger partial charge on any atom is -0.493 e. The Labute approximate surface area is 152 Å². The molecule has 0 heterocycles. The standard InChI is InChI=1S/C19H21ClN2O3/c1-3-25-17-11-7-5-9-15(17)19(24)21-12-18(23)22(2)13-14-8-4-6-10-16(14)20/h4-11H,3,12-13H2,1-2H3,(H,21,24). The molecule has 0 aromatic heterocycles. The Kier molecular flexibility index (Phi) is 6.83. The average Bonchev–Trinajstić information content (AvgIpc) is 2.62. The van der Waals surface area contributed by atoms with Crippen molar-refractivity contribution < 1.29 is 14.3 Å². The Bertz CT molecular complexity index is 749. The molecule has 2 rings (SSSR count). The normalized spacial score (nSPS) is 10.2. The van der Waals surface area contributed by atoms with E-state index in [0.29, 0.717) is 29.5 Å². The molecule has 0 atom stereocenters. The second-order valence-electron chi connectivity index (χ2n) is 5.45. The molecule has 0 spiro atoms. The van der Waals surface area contributed by atoms with Gasteiger partial charge in [-0.05, 0) is 30.7 Å². The highest BCUT2D eigenvalue weighted by molar-refractivity contribution is 6.31. The van der Waals surface area contributed by atoms with E-state index in [1.165, 1.54) is 4.90 Å². The lowest BCUT2D eigenvalue weighted by Crippen LogP contribution is -2.38. The lowest BCUT2D eigenvalue weighted by atomic mass is 10.2. The Balaban J connectivity index is 1.93. The molecule has 2 amide bonds. The Morgan fingerprint density at radius 3 is 2.52 bits per heavy atom. The number of ether oxygens (including phenoxy) is 1. The van der Waals surface area contributed by atoms with Crippen molar-refractivity contribution in [3.63, 3.8) is 0 Å². The van der Waals surface area contributed by atoms with Crippen molar-refractivity contribution in [2.45, 2.75) is 13.5 Å². The SMILES string of the molecule is CCOc1ccccc1C(=O)NCC(=O)N(C)Cc1ccccc1Cl. The maximum atomic E-state index is 12.3. The van der Waals surface area contributed by atoms with Crippen molar-refractivity contribution >= 4 is 23.4 Å². The number of carbonyl (C=O) groups excluding carboxylic acids is 2. The molecule has 6 heteroatoms. The number of hydrogen-bond donors (Lipinski definition) is 1. The first kappa shape index (κ1) is 18.8. The zero-order chi connectivity index (χ0) is 18.2.